The molecule has 0 spiro atoms. The van der Waals surface area contributed by atoms with Gasteiger partial charge in [0.15, 0.2) is 0 Å². The van der Waals surface area contributed by atoms with Gasteiger partial charge in [0.2, 0.25) is 10.0 Å². The summed E-state index contributed by atoms with van der Waals surface area (Å²) in [6.07, 6.45) is -2.92. The first kappa shape index (κ1) is 22.3. The molecule has 0 unspecified atom stereocenters. The predicted octanol–water partition coefficient (Wildman–Crippen LogP) is 2.54. The SMILES string of the molecule is O=C(NCC(F)(F)F)c1ccc(S(=O)(=O)N2CCN(c3ncccc3Cl)CC2)cc1. The lowest BCUT2D eigenvalue weighted by molar-refractivity contribution is -0.123. The normalized spacial score (nSPS) is 15.8. The van der Waals surface area contributed by atoms with Crippen molar-refractivity contribution in [2.24, 2.45) is 0 Å². The van der Waals surface area contributed by atoms with E-state index in [-0.39, 0.29) is 23.5 Å². The fraction of sp³-hybridized carbons (Fsp3) is 0.333. The Labute approximate surface area is 176 Å². The van der Waals surface area contributed by atoms with Crippen LogP contribution in [0.15, 0.2) is 47.5 Å². The number of nitrogens with zero attached hydrogens (tertiary/aromatic N) is 3. The summed E-state index contributed by atoms with van der Waals surface area (Å²) in [6, 6.07) is 8.20. The Hall–Kier alpha value is -2.37. The molecular formula is C18H18ClF3N4O3S. The van der Waals surface area contributed by atoms with Crippen LogP contribution in [0.2, 0.25) is 5.02 Å². The number of hydrogen-bond acceptors (Lipinski definition) is 5. The fourth-order valence-corrected chi connectivity index (χ4v) is 4.62. The Balaban J connectivity index is 1.65. The average Bonchev–Trinajstić information content (AvgIpc) is 2.72. The second-order valence-corrected chi connectivity index (χ2v) is 8.87. The molecule has 1 aromatic heterocycles. The van der Waals surface area contributed by atoms with E-state index in [9.17, 15) is 26.4 Å². The van der Waals surface area contributed by atoms with Gasteiger partial charge in [-0.15, -0.1) is 0 Å². The van der Waals surface area contributed by atoms with E-state index in [0.29, 0.717) is 23.9 Å². The van der Waals surface area contributed by atoms with Gasteiger partial charge >= 0.3 is 6.18 Å². The van der Waals surface area contributed by atoms with Crippen LogP contribution in [-0.2, 0) is 10.0 Å². The molecule has 0 radical (unpaired) electrons. The highest BCUT2D eigenvalue weighted by molar-refractivity contribution is 7.89. The Morgan fingerprint density at radius 1 is 1.10 bits per heavy atom. The number of alkyl halides is 3. The van der Waals surface area contributed by atoms with Crippen molar-refractivity contribution in [1.82, 2.24) is 14.6 Å². The zero-order valence-electron chi connectivity index (χ0n) is 15.6. The van der Waals surface area contributed by atoms with E-state index in [0.717, 1.165) is 0 Å². The third-order valence-corrected chi connectivity index (χ3v) is 6.69. The molecule has 7 nitrogen and oxygen atoms in total. The highest BCUT2D eigenvalue weighted by atomic mass is 35.5. The molecule has 1 aliphatic rings. The first-order valence-electron chi connectivity index (χ1n) is 8.88. The highest BCUT2D eigenvalue weighted by Gasteiger charge is 2.30. The smallest absolute Gasteiger partial charge is 0.353 e. The van der Waals surface area contributed by atoms with E-state index in [1.54, 1.807) is 23.6 Å². The summed E-state index contributed by atoms with van der Waals surface area (Å²) in [7, 11) is -3.81. The van der Waals surface area contributed by atoms with E-state index in [1.165, 1.54) is 28.6 Å². The monoisotopic (exact) mass is 462 g/mol. The number of rotatable bonds is 5. The summed E-state index contributed by atoms with van der Waals surface area (Å²) >= 11 is 6.14. The van der Waals surface area contributed by atoms with Gasteiger partial charge in [-0.2, -0.15) is 17.5 Å². The molecule has 3 rings (SSSR count). The number of amides is 1. The summed E-state index contributed by atoms with van der Waals surface area (Å²) in [5, 5.41) is 2.22. The van der Waals surface area contributed by atoms with Crippen LogP contribution in [0.3, 0.4) is 0 Å². The number of sulfonamides is 1. The van der Waals surface area contributed by atoms with Gasteiger partial charge in [-0.3, -0.25) is 4.79 Å². The van der Waals surface area contributed by atoms with Gasteiger partial charge in [-0.1, -0.05) is 11.6 Å². The first-order valence-corrected chi connectivity index (χ1v) is 10.7. The number of aromatic nitrogens is 1. The van der Waals surface area contributed by atoms with Crippen molar-refractivity contribution >= 4 is 33.3 Å². The molecule has 162 valence electrons. The second-order valence-electron chi connectivity index (χ2n) is 6.52. The molecule has 12 heteroatoms. The minimum absolute atomic E-state index is 0.0424. The highest BCUT2D eigenvalue weighted by Crippen LogP contribution is 2.25. The van der Waals surface area contributed by atoms with Crippen LogP contribution >= 0.6 is 11.6 Å². The molecule has 0 aliphatic carbocycles. The number of carbonyl (C=O) groups excluding carboxylic acids is 1. The topological polar surface area (TPSA) is 82.6 Å². The molecule has 1 N–H and O–H groups in total. The van der Waals surface area contributed by atoms with Gasteiger partial charge in [-0.05, 0) is 36.4 Å². The van der Waals surface area contributed by atoms with Crippen molar-refractivity contribution in [3.05, 3.63) is 53.2 Å². The van der Waals surface area contributed by atoms with Crippen molar-refractivity contribution in [1.29, 1.82) is 0 Å². The molecule has 0 saturated carbocycles. The molecule has 1 saturated heterocycles. The largest absolute Gasteiger partial charge is 0.405 e. The fourth-order valence-electron chi connectivity index (χ4n) is 2.96. The Morgan fingerprint density at radius 3 is 2.30 bits per heavy atom. The van der Waals surface area contributed by atoms with E-state index in [1.807, 2.05) is 4.90 Å². The lowest BCUT2D eigenvalue weighted by Gasteiger charge is -2.35. The Morgan fingerprint density at radius 2 is 1.73 bits per heavy atom. The molecule has 1 fully saturated rings. The first-order chi connectivity index (χ1) is 14.1. The summed E-state index contributed by atoms with van der Waals surface area (Å²) in [6.45, 7) is -0.246. The standard InChI is InChI=1S/C18H18ClF3N4O3S/c19-15-2-1-7-23-16(15)25-8-10-26(11-9-25)30(28,29)14-5-3-13(4-6-14)17(27)24-12-18(20,21)22/h1-7H,8-12H2,(H,24,27). The molecule has 0 atom stereocenters. The molecule has 2 aromatic rings. The summed E-state index contributed by atoms with van der Waals surface area (Å²) in [5.74, 6) is -0.345. The van der Waals surface area contributed by atoms with Gasteiger partial charge in [0, 0.05) is 37.9 Å². The number of nitrogens with one attached hydrogen (secondary N) is 1. The van der Waals surface area contributed by atoms with Crippen LogP contribution in [0.4, 0.5) is 19.0 Å². The summed E-state index contributed by atoms with van der Waals surface area (Å²) < 4.78 is 63.6. The van der Waals surface area contributed by atoms with Gasteiger partial charge in [-0.25, -0.2) is 13.4 Å². The van der Waals surface area contributed by atoms with Crippen molar-refractivity contribution in [2.45, 2.75) is 11.1 Å². The third-order valence-electron chi connectivity index (χ3n) is 4.48. The molecule has 2 heterocycles. The molecule has 0 bridgehead atoms. The van der Waals surface area contributed by atoms with E-state index in [2.05, 4.69) is 4.98 Å². The van der Waals surface area contributed by atoms with E-state index >= 15 is 0 Å². The van der Waals surface area contributed by atoms with Gasteiger partial charge < -0.3 is 10.2 Å². The number of benzene rings is 1. The molecule has 1 aromatic carbocycles. The quantitative estimate of drug-likeness (QED) is 0.738. The van der Waals surface area contributed by atoms with Gasteiger partial charge in [0.25, 0.3) is 5.91 Å². The number of hydrogen-bond donors (Lipinski definition) is 1. The second kappa shape index (κ2) is 8.78. The van der Waals surface area contributed by atoms with E-state index < -0.39 is 28.7 Å². The maximum atomic E-state index is 12.9. The molecule has 1 aliphatic heterocycles. The van der Waals surface area contributed by atoms with Crippen LogP contribution in [0.1, 0.15) is 10.4 Å². The van der Waals surface area contributed by atoms with Gasteiger partial charge in [0.1, 0.15) is 12.4 Å². The van der Waals surface area contributed by atoms with Crippen LogP contribution in [0.25, 0.3) is 0 Å². The predicted molar refractivity (Wildman–Crippen MR) is 105 cm³/mol. The number of pyridine rings is 1. The number of halogens is 4. The number of anilines is 1. The Bertz CT molecular complexity index is 1010. The van der Waals surface area contributed by atoms with E-state index in [4.69, 9.17) is 11.6 Å². The van der Waals surface area contributed by atoms with Crippen LogP contribution in [0.5, 0.6) is 0 Å². The molecule has 1 amide bonds. The molecule has 30 heavy (non-hydrogen) atoms. The van der Waals surface area contributed by atoms with Gasteiger partial charge in [0.05, 0.1) is 9.92 Å². The zero-order chi connectivity index (χ0) is 21.9. The van der Waals surface area contributed by atoms with Crippen molar-refractivity contribution in [3.63, 3.8) is 0 Å². The zero-order valence-corrected chi connectivity index (χ0v) is 17.1. The van der Waals surface area contributed by atoms with Crippen LogP contribution in [0, 0.1) is 0 Å². The van der Waals surface area contributed by atoms with Crippen molar-refractivity contribution in [2.75, 3.05) is 37.6 Å². The average molecular weight is 463 g/mol. The Kier molecular flexibility index (Phi) is 6.53. The van der Waals surface area contributed by atoms with Crippen LogP contribution < -0.4 is 10.2 Å². The van der Waals surface area contributed by atoms with Crippen molar-refractivity contribution < 1.29 is 26.4 Å². The lowest BCUT2D eigenvalue weighted by Crippen LogP contribution is -2.49. The van der Waals surface area contributed by atoms with Crippen LogP contribution in [-0.4, -0.2) is 62.5 Å². The maximum absolute atomic E-state index is 12.9. The van der Waals surface area contributed by atoms with Crippen molar-refractivity contribution in [3.8, 4) is 0 Å². The minimum Gasteiger partial charge on any atom is -0.353 e. The minimum atomic E-state index is -4.53. The third kappa shape index (κ3) is 5.21. The molecular weight excluding hydrogens is 445 g/mol. The lowest BCUT2D eigenvalue weighted by atomic mass is 10.2. The maximum Gasteiger partial charge on any atom is 0.405 e. The summed E-state index contributed by atoms with van der Waals surface area (Å²) in [5.41, 5.74) is -0.0622. The number of carbonyl (C=O) groups is 1. The summed E-state index contributed by atoms with van der Waals surface area (Å²) in [4.78, 5) is 17.8. The number of piperazine rings is 1.